The van der Waals surface area contributed by atoms with Crippen LogP contribution in [0.25, 0.3) is 0 Å². The minimum absolute atomic E-state index is 0.194. The van der Waals surface area contributed by atoms with E-state index in [1.54, 1.807) is 14.2 Å². The Morgan fingerprint density at radius 2 is 1.67 bits per heavy atom. The highest BCUT2D eigenvalue weighted by atomic mass is 16.5. The van der Waals surface area contributed by atoms with E-state index < -0.39 is 0 Å². The maximum Gasteiger partial charge on any atom is 0.118 e. The molecule has 0 aliphatic carbocycles. The smallest absolute Gasteiger partial charge is 0.118 e. The lowest BCUT2D eigenvalue weighted by Crippen LogP contribution is -2.45. The van der Waals surface area contributed by atoms with E-state index in [9.17, 15) is 0 Å². The van der Waals surface area contributed by atoms with Crippen molar-refractivity contribution in [3.05, 3.63) is 41.7 Å². The highest BCUT2D eigenvalue weighted by Crippen LogP contribution is 2.36. The first kappa shape index (κ1) is 14.4. The summed E-state index contributed by atoms with van der Waals surface area (Å²) < 4.78 is 10.9. The van der Waals surface area contributed by atoms with Gasteiger partial charge in [-0.1, -0.05) is 18.6 Å². The van der Waals surface area contributed by atoms with Gasteiger partial charge in [0.1, 0.15) is 17.6 Å². The summed E-state index contributed by atoms with van der Waals surface area (Å²) in [6.07, 6.45) is 6.12. The van der Waals surface area contributed by atoms with E-state index in [1.807, 2.05) is 12.1 Å². The third-order valence-electron chi connectivity index (χ3n) is 4.41. The van der Waals surface area contributed by atoms with Gasteiger partial charge in [0.05, 0.1) is 14.2 Å². The van der Waals surface area contributed by atoms with Crippen molar-refractivity contribution in [2.24, 2.45) is 0 Å². The molecule has 1 atom stereocenters. The van der Waals surface area contributed by atoms with Crippen molar-refractivity contribution in [2.45, 2.75) is 25.3 Å². The molecule has 3 rings (SSSR count). The lowest BCUT2D eigenvalue weighted by molar-refractivity contribution is -0.0547. The van der Waals surface area contributed by atoms with Gasteiger partial charge in [0.2, 0.25) is 0 Å². The molecule has 4 nitrogen and oxygen atoms in total. The van der Waals surface area contributed by atoms with E-state index >= 15 is 0 Å². The minimum Gasteiger partial charge on any atom is -0.499 e. The predicted octanol–water partition coefficient (Wildman–Crippen LogP) is 2.98. The molecule has 2 aliphatic rings. The van der Waals surface area contributed by atoms with Gasteiger partial charge in [-0.05, 0) is 36.6 Å². The Morgan fingerprint density at radius 3 is 2.29 bits per heavy atom. The quantitative estimate of drug-likeness (QED) is 0.850. The number of hydrogen-bond acceptors (Lipinski definition) is 4. The largest absolute Gasteiger partial charge is 0.499 e. The average molecular weight is 288 g/mol. The number of benzene rings is 1. The molecule has 1 fully saturated rings. The second-order valence-electron chi connectivity index (χ2n) is 5.62. The molecule has 0 aromatic heterocycles. The molecule has 1 aromatic carbocycles. The zero-order valence-corrected chi connectivity index (χ0v) is 12.9. The van der Waals surface area contributed by atoms with Crippen LogP contribution in [-0.4, -0.2) is 43.9 Å². The lowest BCUT2D eigenvalue weighted by Gasteiger charge is -2.39. The van der Waals surface area contributed by atoms with E-state index in [2.05, 4.69) is 28.2 Å². The van der Waals surface area contributed by atoms with Gasteiger partial charge in [-0.25, -0.2) is 10.0 Å². The minimum atomic E-state index is 0.194. The maximum absolute atomic E-state index is 5.62. The Hall–Kier alpha value is -1.52. The SMILES string of the molecule is COC1=CCN(N2CCCCC2)C1c1ccc(OC)cc1. The van der Waals surface area contributed by atoms with Gasteiger partial charge in [-0.2, -0.15) is 0 Å². The maximum atomic E-state index is 5.62. The van der Waals surface area contributed by atoms with Crippen LogP contribution in [0.4, 0.5) is 0 Å². The summed E-state index contributed by atoms with van der Waals surface area (Å²) in [5, 5.41) is 4.93. The van der Waals surface area contributed by atoms with Crippen molar-refractivity contribution < 1.29 is 9.47 Å². The molecule has 0 saturated carbocycles. The van der Waals surface area contributed by atoms with Crippen molar-refractivity contribution in [2.75, 3.05) is 33.9 Å². The second-order valence-corrected chi connectivity index (χ2v) is 5.62. The van der Waals surface area contributed by atoms with Crippen LogP contribution < -0.4 is 4.74 Å². The van der Waals surface area contributed by atoms with Gasteiger partial charge < -0.3 is 9.47 Å². The van der Waals surface area contributed by atoms with Crippen LogP contribution in [0.3, 0.4) is 0 Å². The first-order valence-electron chi connectivity index (χ1n) is 7.73. The monoisotopic (exact) mass is 288 g/mol. The topological polar surface area (TPSA) is 24.9 Å². The molecule has 1 aromatic rings. The number of piperidine rings is 1. The van der Waals surface area contributed by atoms with E-state index in [-0.39, 0.29) is 6.04 Å². The molecule has 1 unspecified atom stereocenters. The predicted molar refractivity (Wildman–Crippen MR) is 83.0 cm³/mol. The highest BCUT2D eigenvalue weighted by molar-refractivity contribution is 5.34. The van der Waals surface area contributed by atoms with Gasteiger partial charge in [-0.3, -0.25) is 0 Å². The summed E-state index contributed by atoms with van der Waals surface area (Å²) >= 11 is 0. The zero-order valence-electron chi connectivity index (χ0n) is 12.9. The molecule has 0 radical (unpaired) electrons. The van der Waals surface area contributed by atoms with Crippen LogP contribution >= 0.6 is 0 Å². The number of nitrogens with zero attached hydrogens (tertiary/aromatic N) is 2. The Kier molecular flexibility index (Phi) is 4.46. The van der Waals surface area contributed by atoms with Crippen molar-refractivity contribution in [1.29, 1.82) is 0 Å². The normalized spacial score (nSPS) is 23.9. The molecule has 0 spiro atoms. The van der Waals surface area contributed by atoms with Crippen LogP contribution in [0.15, 0.2) is 36.1 Å². The molecule has 21 heavy (non-hydrogen) atoms. The molecule has 114 valence electrons. The average Bonchev–Trinajstić information content (AvgIpc) is 2.99. The Morgan fingerprint density at radius 1 is 0.952 bits per heavy atom. The fourth-order valence-electron chi connectivity index (χ4n) is 3.28. The van der Waals surface area contributed by atoms with Crippen LogP contribution in [0, 0.1) is 0 Å². The van der Waals surface area contributed by atoms with Crippen LogP contribution in [-0.2, 0) is 4.74 Å². The standard InChI is InChI=1S/C17H24N2O2/c1-20-15-8-6-14(7-9-15)17-16(21-2)10-13-19(17)18-11-4-3-5-12-18/h6-10,17H,3-5,11-13H2,1-2H3. The van der Waals surface area contributed by atoms with E-state index in [0.29, 0.717) is 0 Å². The number of hydrazine groups is 1. The molecule has 4 heteroatoms. The molecule has 2 aliphatic heterocycles. The fourth-order valence-corrected chi connectivity index (χ4v) is 3.28. The molecule has 2 heterocycles. The molecular weight excluding hydrogens is 264 g/mol. The Balaban J connectivity index is 1.83. The number of hydrogen-bond donors (Lipinski definition) is 0. The summed E-state index contributed by atoms with van der Waals surface area (Å²) in [6.45, 7) is 3.23. The molecule has 1 saturated heterocycles. The molecule has 0 bridgehead atoms. The fraction of sp³-hybridized carbons (Fsp3) is 0.529. The summed E-state index contributed by atoms with van der Waals surface area (Å²) in [5.41, 5.74) is 1.26. The van der Waals surface area contributed by atoms with Gasteiger partial charge >= 0.3 is 0 Å². The Bertz CT molecular complexity index is 492. The molecule has 0 amide bonds. The first-order valence-corrected chi connectivity index (χ1v) is 7.73. The second kappa shape index (κ2) is 6.50. The highest BCUT2D eigenvalue weighted by Gasteiger charge is 2.34. The van der Waals surface area contributed by atoms with Crippen LogP contribution in [0.1, 0.15) is 30.9 Å². The number of rotatable bonds is 4. The summed E-state index contributed by atoms with van der Waals surface area (Å²) in [4.78, 5) is 0. The van der Waals surface area contributed by atoms with Crippen molar-refractivity contribution in [3.63, 3.8) is 0 Å². The number of ether oxygens (including phenoxy) is 2. The van der Waals surface area contributed by atoms with Crippen molar-refractivity contribution >= 4 is 0 Å². The zero-order chi connectivity index (χ0) is 14.7. The summed E-state index contributed by atoms with van der Waals surface area (Å²) in [7, 11) is 3.47. The molecule has 0 N–H and O–H groups in total. The van der Waals surface area contributed by atoms with Crippen molar-refractivity contribution in [1.82, 2.24) is 10.0 Å². The van der Waals surface area contributed by atoms with E-state index in [4.69, 9.17) is 9.47 Å². The van der Waals surface area contributed by atoms with Gasteiger partial charge in [0.15, 0.2) is 0 Å². The van der Waals surface area contributed by atoms with Crippen LogP contribution in [0.2, 0.25) is 0 Å². The van der Waals surface area contributed by atoms with Crippen LogP contribution in [0.5, 0.6) is 5.75 Å². The van der Waals surface area contributed by atoms with E-state index in [1.165, 1.54) is 24.8 Å². The van der Waals surface area contributed by atoms with Gasteiger partial charge in [0.25, 0.3) is 0 Å². The Labute approximate surface area is 126 Å². The van der Waals surface area contributed by atoms with E-state index in [0.717, 1.165) is 31.1 Å². The summed E-state index contributed by atoms with van der Waals surface area (Å²) in [6, 6.07) is 8.51. The number of methoxy groups -OCH3 is 2. The third-order valence-corrected chi connectivity index (χ3v) is 4.41. The first-order chi connectivity index (χ1) is 10.3. The molecular formula is C17H24N2O2. The van der Waals surface area contributed by atoms with Crippen molar-refractivity contribution in [3.8, 4) is 5.75 Å². The van der Waals surface area contributed by atoms with Gasteiger partial charge in [0, 0.05) is 19.6 Å². The lowest BCUT2D eigenvalue weighted by atomic mass is 10.1. The van der Waals surface area contributed by atoms with Gasteiger partial charge in [-0.15, -0.1) is 0 Å². The summed E-state index contributed by atoms with van der Waals surface area (Å²) in [5.74, 6) is 1.94. The third kappa shape index (κ3) is 2.92.